The van der Waals surface area contributed by atoms with Crippen LogP contribution in [0.25, 0.3) is 0 Å². The van der Waals surface area contributed by atoms with E-state index in [9.17, 15) is 9.59 Å². The standard InChI is InChI=1S/C13H15N5O2/c1-7-5-8(2)18-12(19)9(7)6-17-13(20)10-11(14)16-4-3-15-10/h3-5H,6H2,1-2H3,(H2,14,16)(H,17,20)(H,18,19). The van der Waals surface area contributed by atoms with Crippen molar-refractivity contribution in [2.24, 2.45) is 0 Å². The molecule has 7 nitrogen and oxygen atoms in total. The van der Waals surface area contributed by atoms with Crippen LogP contribution in [0, 0.1) is 13.8 Å². The first-order valence-electron chi connectivity index (χ1n) is 6.03. The molecule has 2 aromatic heterocycles. The van der Waals surface area contributed by atoms with Gasteiger partial charge in [0.25, 0.3) is 11.5 Å². The normalized spacial score (nSPS) is 10.3. The Hall–Kier alpha value is -2.70. The van der Waals surface area contributed by atoms with Gasteiger partial charge >= 0.3 is 0 Å². The van der Waals surface area contributed by atoms with E-state index in [-0.39, 0.29) is 23.6 Å². The van der Waals surface area contributed by atoms with Crippen molar-refractivity contribution < 1.29 is 4.79 Å². The van der Waals surface area contributed by atoms with Crippen LogP contribution >= 0.6 is 0 Å². The fourth-order valence-electron chi connectivity index (χ4n) is 1.88. The first kappa shape index (κ1) is 13.7. The Morgan fingerprint density at radius 1 is 1.35 bits per heavy atom. The van der Waals surface area contributed by atoms with E-state index < -0.39 is 5.91 Å². The van der Waals surface area contributed by atoms with Gasteiger partial charge in [-0.1, -0.05) is 0 Å². The lowest BCUT2D eigenvalue weighted by molar-refractivity contribution is 0.0946. The largest absolute Gasteiger partial charge is 0.382 e. The molecule has 0 aliphatic heterocycles. The van der Waals surface area contributed by atoms with Gasteiger partial charge in [0.15, 0.2) is 11.5 Å². The summed E-state index contributed by atoms with van der Waals surface area (Å²) in [6.07, 6.45) is 2.79. The van der Waals surface area contributed by atoms with Crippen LogP contribution in [-0.4, -0.2) is 20.9 Å². The molecular weight excluding hydrogens is 258 g/mol. The number of rotatable bonds is 3. The zero-order valence-electron chi connectivity index (χ0n) is 11.2. The van der Waals surface area contributed by atoms with Gasteiger partial charge in [-0.05, 0) is 25.5 Å². The SMILES string of the molecule is Cc1cc(C)c(CNC(=O)c2nccnc2N)c(=O)[nH]1. The van der Waals surface area contributed by atoms with Crippen LogP contribution in [0.1, 0.15) is 27.3 Å². The molecule has 0 aromatic carbocycles. The summed E-state index contributed by atoms with van der Waals surface area (Å²) in [7, 11) is 0. The number of hydrogen-bond donors (Lipinski definition) is 3. The molecule has 0 aliphatic rings. The summed E-state index contributed by atoms with van der Waals surface area (Å²) in [4.78, 5) is 34.1. The minimum Gasteiger partial charge on any atom is -0.382 e. The first-order valence-corrected chi connectivity index (χ1v) is 6.03. The molecule has 0 radical (unpaired) electrons. The van der Waals surface area contributed by atoms with Gasteiger partial charge in [-0.3, -0.25) is 9.59 Å². The molecule has 0 aliphatic carbocycles. The van der Waals surface area contributed by atoms with E-state index in [0.717, 1.165) is 11.3 Å². The van der Waals surface area contributed by atoms with E-state index in [1.807, 2.05) is 13.0 Å². The topological polar surface area (TPSA) is 114 Å². The number of pyridine rings is 1. The summed E-state index contributed by atoms with van der Waals surface area (Å²) >= 11 is 0. The minimum atomic E-state index is -0.463. The number of anilines is 1. The second kappa shape index (κ2) is 5.52. The highest BCUT2D eigenvalue weighted by Crippen LogP contribution is 2.05. The average Bonchev–Trinajstić information content (AvgIpc) is 2.37. The molecule has 2 heterocycles. The molecule has 0 unspecified atom stereocenters. The van der Waals surface area contributed by atoms with Gasteiger partial charge in [0.05, 0.1) is 0 Å². The molecule has 7 heteroatoms. The number of aryl methyl sites for hydroxylation is 2. The van der Waals surface area contributed by atoms with Crippen molar-refractivity contribution in [2.45, 2.75) is 20.4 Å². The predicted octanol–water partition coefficient (Wildman–Crippen LogP) is 0.294. The van der Waals surface area contributed by atoms with Gasteiger partial charge in [-0.25, -0.2) is 9.97 Å². The Morgan fingerprint density at radius 2 is 2.05 bits per heavy atom. The van der Waals surface area contributed by atoms with Crippen LogP contribution < -0.4 is 16.6 Å². The molecular formula is C13H15N5O2. The lowest BCUT2D eigenvalue weighted by Gasteiger charge is -2.08. The van der Waals surface area contributed by atoms with Gasteiger partial charge in [-0.2, -0.15) is 0 Å². The van der Waals surface area contributed by atoms with E-state index in [1.54, 1.807) is 6.92 Å². The second-order valence-electron chi connectivity index (χ2n) is 4.42. The highest BCUT2D eigenvalue weighted by molar-refractivity contribution is 5.96. The van der Waals surface area contributed by atoms with Gasteiger partial charge in [-0.15, -0.1) is 0 Å². The number of hydrogen-bond acceptors (Lipinski definition) is 5. The first-order chi connectivity index (χ1) is 9.49. The second-order valence-corrected chi connectivity index (χ2v) is 4.42. The molecule has 0 saturated heterocycles. The number of amides is 1. The van der Waals surface area contributed by atoms with Gasteiger partial charge in [0.1, 0.15) is 0 Å². The van der Waals surface area contributed by atoms with E-state index >= 15 is 0 Å². The summed E-state index contributed by atoms with van der Waals surface area (Å²) < 4.78 is 0. The van der Waals surface area contributed by atoms with Crippen molar-refractivity contribution in [1.82, 2.24) is 20.3 Å². The molecule has 2 rings (SSSR count). The Morgan fingerprint density at radius 3 is 2.70 bits per heavy atom. The van der Waals surface area contributed by atoms with E-state index in [2.05, 4.69) is 20.3 Å². The van der Waals surface area contributed by atoms with Crippen molar-refractivity contribution in [2.75, 3.05) is 5.73 Å². The number of nitrogen functional groups attached to an aromatic ring is 1. The maximum absolute atomic E-state index is 11.9. The van der Waals surface area contributed by atoms with Crippen molar-refractivity contribution in [3.8, 4) is 0 Å². The van der Waals surface area contributed by atoms with Crippen molar-refractivity contribution >= 4 is 11.7 Å². The Labute approximate surface area is 115 Å². The van der Waals surface area contributed by atoms with Crippen LogP contribution in [0.15, 0.2) is 23.3 Å². The van der Waals surface area contributed by atoms with Gasteiger partial charge in [0.2, 0.25) is 0 Å². The summed E-state index contributed by atoms with van der Waals surface area (Å²) in [5, 5.41) is 2.62. The molecule has 0 fully saturated rings. The lowest BCUT2D eigenvalue weighted by Crippen LogP contribution is -2.29. The molecule has 0 spiro atoms. The van der Waals surface area contributed by atoms with Crippen LogP contribution in [-0.2, 0) is 6.54 Å². The average molecular weight is 273 g/mol. The van der Waals surface area contributed by atoms with Crippen molar-refractivity contribution in [1.29, 1.82) is 0 Å². The molecule has 0 saturated carbocycles. The third-order valence-electron chi connectivity index (χ3n) is 2.86. The van der Waals surface area contributed by atoms with Crippen LogP contribution in [0.5, 0.6) is 0 Å². The fourth-order valence-corrected chi connectivity index (χ4v) is 1.88. The zero-order chi connectivity index (χ0) is 14.7. The van der Waals surface area contributed by atoms with E-state index in [1.165, 1.54) is 12.4 Å². The molecule has 0 bridgehead atoms. The number of carbonyl (C=O) groups excluding carboxylic acids is 1. The fraction of sp³-hybridized carbons (Fsp3) is 0.231. The Bertz CT molecular complexity index is 708. The van der Waals surface area contributed by atoms with Crippen LogP contribution in [0.3, 0.4) is 0 Å². The number of aromatic nitrogens is 3. The Kier molecular flexibility index (Phi) is 3.79. The monoisotopic (exact) mass is 273 g/mol. The number of nitrogens with zero attached hydrogens (tertiary/aromatic N) is 2. The van der Waals surface area contributed by atoms with Gasteiger partial charge < -0.3 is 16.0 Å². The molecule has 2 aromatic rings. The molecule has 104 valence electrons. The molecule has 20 heavy (non-hydrogen) atoms. The Balaban J connectivity index is 2.16. The van der Waals surface area contributed by atoms with Crippen molar-refractivity contribution in [3.05, 3.63) is 51.3 Å². The smallest absolute Gasteiger partial charge is 0.273 e. The third-order valence-corrected chi connectivity index (χ3v) is 2.86. The molecule has 4 N–H and O–H groups in total. The predicted molar refractivity (Wildman–Crippen MR) is 74.2 cm³/mol. The number of carbonyl (C=O) groups is 1. The van der Waals surface area contributed by atoms with E-state index in [0.29, 0.717) is 5.56 Å². The van der Waals surface area contributed by atoms with Gasteiger partial charge in [0, 0.05) is 30.2 Å². The number of nitrogens with two attached hydrogens (primary N) is 1. The van der Waals surface area contributed by atoms with Crippen LogP contribution in [0.4, 0.5) is 5.82 Å². The zero-order valence-corrected chi connectivity index (χ0v) is 11.2. The van der Waals surface area contributed by atoms with Crippen molar-refractivity contribution in [3.63, 3.8) is 0 Å². The maximum atomic E-state index is 11.9. The summed E-state index contributed by atoms with van der Waals surface area (Å²) in [5.41, 5.74) is 7.51. The lowest BCUT2D eigenvalue weighted by atomic mass is 10.1. The summed E-state index contributed by atoms with van der Waals surface area (Å²) in [6.45, 7) is 3.73. The quantitative estimate of drug-likeness (QED) is 0.744. The number of nitrogens with one attached hydrogen (secondary N) is 2. The van der Waals surface area contributed by atoms with E-state index in [4.69, 9.17) is 5.73 Å². The molecule has 1 amide bonds. The minimum absolute atomic E-state index is 0.0497. The van der Waals surface area contributed by atoms with Crippen LogP contribution in [0.2, 0.25) is 0 Å². The third kappa shape index (κ3) is 2.82. The number of aromatic amines is 1. The maximum Gasteiger partial charge on any atom is 0.273 e. The highest BCUT2D eigenvalue weighted by atomic mass is 16.2. The molecule has 0 atom stereocenters. The summed E-state index contributed by atoms with van der Waals surface area (Å²) in [5.74, 6) is -0.408. The summed E-state index contributed by atoms with van der Waals surface area (Å²) in [6, 6.07) is 1.85. The number of H-pyrrole nitrogens is 1. The highest BCUT2D eigenvalue weighted by Gasteiger charge is 2.13.